The first-order valence-electron chi connectivity index (χ1n) is 20.8. The van der Waals surface area contributed by atoms with Crippen LogP contribution in [0.5, 0.6) is 0 Å². The first kappa shape index (κ1) is 40.4. The van der Waals surface area contributed by atoms with Crippen molar-refractivity contribution in [3.05, 3.63) is 0 Å². The molecule has 7 atom stereocenters. The molecule has 0 bridgehead atoms. The van der Waals surface area contributed by atoms with Gasteiger partial charge in [-0.15, -0.1) is 0 Å². The van der Waals surface area contributed by atoms with E-state index < -0.39 is 53.2 Å². The van der Waals surface area contributed by atoms with E-state index >= 15 is 0 Å². The van der Waals surface area contributed by atoms with Gasteiger partial charge >= 0.3 is 6.03 Å². The molecule has 0 aromatic carbocycles. The smallest absolute Gasteiger partial charge is 0.316 e. The van der Waals surface area contributed by atoms with E-state index in [9.17, 15) is 28.8 Å². The second-order valence-corrected chi connectivity index (χ2v) is 19.4. The van der Waals surface area contributed by atoms with Gasteiger partial charge < -0.3 is 36.2 Å². The Morgan fingerprint density at radius 3 is 1.94 bits per heavy atom. The number of likely N-dealkylation sites (tertiary alicyclic amines) is 1. The highest BCUT2D eigenvalue weighted by atomic mass is 16.5. The van der Waals surface area contributed by atoms with Gasteiger partial charge in [0.25, 0.3) is 5.91 Å². The van der Waals surface area contributed by atoms with E-state index in [1.165, 1.54) is 0 Å². The van der Waals surface area contributed by atoms with Crippen molar-refractivity contribution < 1.29 is 33.5 Å². The molecule has 6 aliphatic rings. The van der Waals surface area contributed by atoms with Crippen molar-refractivity contribution in [2.24, 2.45) is 39.2 Å². The van der Waals surface area contributed by atoms with Crippen LogP contribution >= 0.6 is 0 Å². The normalized spacial score (nSPS) is 30.8. The van der Waals surface area contributed by atoms with Crippen molar-refractivity contribution in [1.29, 1.82) is 0 Å². The minimum absolute atomic E-state index is 0.0199. The summed E-state index contributed by atoms with van der Waals surface area (Å²) in [6.07, 6.45) is 11.3. The summed E-state index contributed by atoms with van der Waals surface area (Å²) in [7, 11) is 0. The topological polar surface area (TPSA) is 180 Å². The number of nitrogens with zero attached hydrogens (tertiary/aromatic N) is 2. The van der Waals surface area contributed by atoms with Crippen LogP contribution in [0.15, 0.2) is 0 Å². The molecule has 5 N–H and O–H groups in total. The predicted molar refractivity (Wildman–Crippen MR) is 203 cm³/mol. The molecular weight excluding hydrogens is 688 g/mol. The Hall–Kier alpha value is -3.22. The van der Waals surface area contributed by atoms with Crippen LogP contribution in [0.3, 0.4) is 0 Å². The van der Waals surface area contributed by atoms with E-state index in [0.29, 0.717) is 32.5 Å². The molecular formula is C41H66N6O7. The van der Waals surface area contributed by atoms with Gasteiger partial charge in [-0.05, 0) is 80.5 Å². The number of Topliss-reactive ketones (excluding diaryl/α,β-unsaturated/α-hetero) is 1. The van der Waals surface area contributed by atoms with Gasteiger partial charge in [0.05, 0.1) is 18.2 Å². The lowest BCUT2D eigenvalue weighted by Gasteiger charge is -2.40. The summed E-state index contributed by atoms with van der Waals surface area (Å²) in [6, 6.07) is -4.30. The minimum Gasteiger partial charge on any atom is -0.372 e. The van der Waals surface area contributed by atoms with E-state index in [0.717, 1.165) is 70.6 Å². The van der Waals surface area contributed by atoms with Gasteiger partial charge in [0.1, 0.15) is 18.1 Å². The SMILES string of the molecule is C[C@H]1CN(C(=O)[C@@H](NC(=O)N[C@H](C(=O)N2C[C@]3(C[C@H]2C(=O)NC(CC2CCC2)C(=O)C(N)=O)C(C)(C)C32CCC2)C(C)(C)C)C2CCCCC2)C[C@H](C)O1. The van der Waals surface area contributed by atoms with Crippen molar-refractivity contribution >= 4 is 35.4 Å². The number of carbonyl (C=O) groups excluding carboxylic acids is 6. The summed E-state index contributed by atoms with van der Waals surface area (Å²) in [6.45, 7) is 15.3. The zero-order valence-electron chi connectivity index (χ0n) is 33.8. The van der Waals surface area contributed by atoms with Gasteiger partial charge in [0.2, 0.25) is 23.5 Å². The van der Waals surface area contributed by atoms with Gasteiger partial charge in [0.15, 0.2) is 0 Å². The maximum atomic E-state index is 15.0. The summed E-state index contributed by atoms with van der Waals surface area (Å²) >= 11 is 0. The second-order valence-electron chi connectivity index (χ2n) is 19.4. The number of amides is 6. The van der Waals surface area contributed by atoms with Crippen LogP contribution in [0, 0.1) is 33.5 Å². The first-order valence-corrected chi connectivity index (χ1v) is 20.8. The molecule has 302 valence electrons. The summed E-state index contributed by atoms with van der Waals surface area (Å²) in [4.78, 5) is 86.0. The third kappa shape index (κ3) is 7.27. The van der Waals surface area contributed by atoms with Crippen molar-refractivity contribution in [2.75, 3.05) is 19.6 Å². The number of ketones is 1. The average Bonchev–Trinajstić information content (AvgIpc) is 3.27. The number of rotatable bonds is 11. The van der Waals surface area contributed by atoms with Crippen molar-refractivity contribution in [3.8, 4) is 0 Å². The molecule has 1 unspecified atom stereocenters. The van der Waals surface area contributed by atoms with E-state index in [4.69, 9.17) is 10.5 Å². The number of hydrogen-bond acceptors (Lipinski definition) is 7. The molecule has 2 aliphatic heterocycles. The summed E-state index contributed by atoms with van der Waals surface area (Å²) in [5.74, 6) is -2.67. The molecule has 4 saturated carbocycles. The van der Waals surface area contributed by atoms with Crippen LogP contribution in [0.2, 0.25) is 0 Å². The number of ether oxygens (including phenoxy) is 1. The van der Waals surface area contributed by atoms with E-state index in [1.807, 2.05) is 34.6 Å². The lowest BCUT2D eigenvalue weighted by Crippen LogP contribution is -2.63. The molecule has 0 aromatic rings. The monoisotopic (exact) mass is 754 g/mol. The van der Waals surface area contributed by atoms with Gasteiger partial charge in [-0.3, -0.25) is 24.0 Å². The lowest BCUT2D eigenvalue weighted by molar-refractivity contribution is -0.146. The fourth-order valence-corrected chi connectivity index (χ4v) is 11.3. The molecule has 6 amide bonds. The van der Waals surface area contributed by atoms with Gasteiger partial charge in [0, 0.05) is 25.0 Å². The Morgan fingerprint density at radius 2 is 1.44 bits per heavy atom. The average molecular weight is 755 g/mol. The number of fused-ring (bicyclic) bond motifs is 1. The number of hydrogen-bond donors (Lipinski definition) is 4. The highest BCUT2D eigenvalue weighted by Gasteiger charge is 2.85. The predicted octanol–water partition coefficient (Wildman–Crippen LogP) is 3.81. The van der Waals surface area contributed by atoms with Crippen molar-refractivity contribution in [2.45, 2.75) is 168 Å². The largest absolute Gasteiger partial charge is 0.372 e. The Balaban J connectivity index is 1.24. The number of urea groups is 1. The van der Waals surface area contributed by atoms with Gasteiger partial charge in [-0.2, -0.15) is 0 Å². The number of nitrogens with two attached hydrogens (primary N) is 1. The van der Waals surface area contributed by atoms with Crippen LogP contribution in [-0.2, 0) is 28.7 Å². The molecule has 2 saturated heterocycles. The Labute approximate surface area is 321 Å². The van der Waals surface area contributed by atoms with Crippen molar-refractivity contribution in [3.63, 3.8) is 0 Å². The van der Waals surface area contributed by atoms with Crippen LogP contribution in [0.1, 0.15) is 132 Å². The molecule has 54 heavy (non-hydrogen) atoms. The van der Waals surface area contributed by atoms with E-state index in [2.05, 4.69) is 29.8 Å². The summed E-state index contributed by atoms with van der Waals surface area (Å²) in [5, 5.41) is 8.90. The molecule has 2 heterocycles. The fourth-order valence-electron chi connectivity index (χ4n) is 11.3. The lowest BCUT2D eigenvalue weighted by atomic mass is 9.73. The third-order valence-electron chi connectivity index (χ3n) is 14.9. The van der Waals surface area contributed by atoms with E-state index in [-0.39, 0.29) is 52.1 Å². The number of morpholine rings is 1. The third-order valence-corrected chi connectivity index (χ3v) is 14.9. The highest BCUT2D eigenvalue weighted by Crippen LogP contribution is 2.88. The van der Waals surface area contributed by atoms with E-state index in [1.54, 1.807) is 9.80 Å². The number of nitrogens with one attached hydrogen (secondary N) is 3. The molecule has 0 aromatic heterocycles. The molecule has 0 radical (unpaired) electrons. The fraction of sp³-hybridized carbons (Fsp3) is 0.854. The van der Waals surface area contributed by atoms with Crippen LogP contribution < -0.4 is 21.7 Å². The zero-order chi connectivity index (χ0) is 39.4. The molecule has 13 nitrogen and oxygen atoms in total. The van der Waals surface area contributed by atoms with Gasteiger partial charge in [-0.25, -0.2) is 4.79 Å². The van der Waals surface area contributed by atoms with Gasteiger partial charge in [-0.1, -0.05) is 79.6 Å². The van der Waals surface area contributed by atoms with Crippen molar-refractivity contribution in [1.82, 2.24) is 25.8 Å². The minimum atomic E-state index is -1.09. The quantitative estimate of drug-likeness (QED) is 0.232. The second kappa shape index (κ2) is 15.0. The first-order chi connectivity index (χ1) is 25.3. The number of primary amides is 1. The summed E-state index contributed by atoms with van der Waals surface area (Å²) < 4.78 is 5.89. The Kier molecular flexibility index (Phi) is 11.3. The maximum Gasteiger partial charge on any atom is 0.316 e. The molecule has 4 aliphatic carbocycles. The molecule has 6 fully saturated rings. The highest BCUT2D eigenvalue weighted by molar-refractivity contribution is 6.37. The summed E-state index contributed by atoms with van der Waals surface area (Å²) in [5.41, 5.74) is 4.30. The maximum absolute atomic E-state index is 15.0. The Bertz CT molecular complexity index is 1480. The molecule has 13 heteroatoms. The zero-order valence-corrected chi connectivity index (χ0v) is 33.8. The standard InChI is InChI=1S/C41H66N6O7/c1-24-21-46(22-25(2)54-24)35(51)30(27-15-9-8-10-16-27)44-37(53)45-32(38(3,4)5)36(52)47-23-41(39(6,7)40(41)17-12-18-40)20-29(47)34(50)43-28(31(48)33(42)49)19-26-13-11-14-26/h24-30,32H,8-23H2,1-7H3,(H2,42,49)(H,43,50)(H2,44,45,53)/t24-,25-,28?,29-,30-,32+,41+/m0/s1. The Morgan fingerprint density at radius 1 is 0.815 bits per heavy atom. The number of carbonyl (C=O) groups is 6. The van der Waals surface area contributed by atoms with Crippen LogP contribution in [-0.4, -0.2) is 101 Å². The van der Waals surface area contributed by atoms with Crippen LogP contribution in [0.4, 0.5) is 4.79 Å². The molecule has 2 spiro atoms. The van der Waals surface area contributed by atoms with Crippen LogP contribution in [0.25, 0.3) is 0 Å². The molecule has 6 rings (SSSR count).